The molecule has 1 aliphatic rings. The number of benzene rings is 1. The van der Waals surface area contributed by atoms with Crippen molar-refractivity contribution in [1.82, 2.24) is 19.8 Å². The minimum absolute atomic E-state index is 0.0695. The van der Waals surface area contributed by atoms with Gasteiger partial charge in [-0.3, -0.25) is 9.59 Å². The van der Waals surface area contributed by atoms with Crippen molar-refractivity contribution < 1.29 is 14.0 Å². The number of rotatable bonds is 8. The number of aryl methyl sites for hydroxylation is 1. The molecule has 1 atom stereocenters. The van der Waals surface area contributed by atoms with E-state index in [1.807, 2.05) is 52.1 Å². The molecule has 1 fully saturated rings. The number of aromatic nitrogens is 2. The Labute approximate surface area is 173 Å². The van der Waals surface area contributed by atoms with Gasteiger partial charge >= 0.3 is 0 Å². The molecule has 7 nitrogen and oxygen atoms in total. The molecule has 29 heavy (non-hydrogen) atoms. The van der Waals surface area contributed by atoms with E-state index in [9.17, 15) is 9.59 Å². The van der Waals surface area contributed by atoms with Crippen LogP contribution in [-0.2, 0) is 17.9 Å². The van der Waals surface area contributed by atoms with Crippen LogP contribution in [-0.4, -0.2) is 38.6 Å². The van der Waals surface area contributed by atoms with E-state index in [1.165, 1.54) is 0 Å². The Kier molecular flexibility index (Phi) is 6.00. The van der Waals surface area contributed by atoms with E-state index >= 15 is 0 Å². The molecule has 0 spiro atoms. The lowest BCUT2D eigenvalue weighted by Gasteiger charge is -2.23. The fourth-order valence-corrected chi connectivity index (χ4v) is 4.44. The van der Waals surface area contributed by atoms with E-state index in [0.29, 0.717) is 24.4 Å². The van der Waals surface area contributed by atoms with Gasteiger partial charge in [0.2, 0.25) is 5.91 Å². The van der Waals surface area contributed by atoms with Gasteiger partial charge in [0.1, 0.15) is 11.1 Å². The number of nitrogens with one attached hydrogen (secondary N) is 1. The summed E-state index contributed by atoms with van der Waals surface area (Å²) in [6.07, 6.45) is 7.86. The number of furan rings is 1. The number of nitrogens with zero attached hydrogens (tertiary/aromatic N) is 3. The van der Waals surface area contributed by atoms with Crippen LogP contribution in [0.25, 0.3) is 0 Å². The van der Waals surface area contributed by atoms with Crippen LogP contribution >= 0.6 is 11.8 Å². The monoisotopic (exact) mass is 410 g/mol. The number of hydrogen-bond donors (Lipinski definition) is 1. The molecule has 3 heterocycles. The summed E-state index contributed by atoms with van der Waals surface area (Å²) < 4.78 is 7.37. The van der Waals surface area contributed by atoms with Crippen molar-refractivity contribution in [3.8, 4) is 0 Å². The number of imidazole rings is 1. The second kappa shape index (κ2) is 9.00. The third-order valence-corrected chi connectivity index (χ3v) is 6.03. The summed E-state index contributed by atoms with van der Waals surface area (Å²) in [7, 11) is 0. The van der Waals surface area contributed by atoms with Crippen LogP contribution in [0.5, 0.6) is 0 Å². The van der Waals surface area contributed by atoms with Crippen LogP contribution < -0.4 is 5.32 Å². The normalized spacial score (nSPS) is 16.3. The first-order valence-electron chi connectivity index (χ1n) is 9.48. The van der Waals surface area contributed by atoms with Gasteiger partial charge in [0.25, 0.3) is 5.91 Å². The van der Waals surface area contributed by atoms with E-state index in [4.69, 9.17) is 4.42 Å². The SMILES string of the molecule is O=C(NCCCn1ccnc1)c1ccc([C@H]2SCC(=O)N2Cc2ccco2)cc1. The number of carbonyl (C=O) groups excluding carboxylic acids is 2. The Bertz CT molecular complexity index is 939. The lowest BCUT2D eigenvalue weighted by atomic mass is 10.1. The largest absolute Gasteiger partial charge is 0.467 e. The minimum atomic E-state index is -0.0928. The van der Waals surface area contributed by atoms with Crippen LogP contribution in [0.4, 0.5) is 0 Å². The Hall–Kier alpha value is -3.00. The first-order chi connectivity index (χ1) is 14.2. The first-order valence-corrected chi connectivity index (χ1v) is 10.5. The van der Waals surface area contributed by atoms with Crippen molar-refractivity contribution >= 4 is 23.6 Å². The maximum Gasteiger partial charge on any atom is 0.251 e. The number of carbonyl (C=O) groups is 2. The summed E-state index contributed by atoms with van der Waals surface area (Å²) in [5.74, 6) is 1.21. The molecule has 0 bridgehead atoms. The summed E-state index contributed by atoms with van der Waals surface area (Å²) in [5, 5.41) is 2.87. The topological polar surface area (TPSA) is 80.4 Å². The van der Waals surface area contributed by atoms with Gasteiger partial charge in [0.05, 0.1) is 24.9 Å². The number of hydrogen-bond acceptors (Lipinski definition) is 5. The highest BCUT2D eigenvalue weighted by Crippen LogP contribution is 2.39. The predicted molar refractivity (Wildman–Crippen MR) is 110 cm³/mol. The quantitative estimate of drug-likeness (QED) is 0.577. The summed E-state index contributed by atoms with van der Waals surface area (Å²) in [6.45, 7) is 1.86. The molecule has 0 unspecified atom stereocenters. The molecule has 150 valence electrons. The van der Waals surface area contributed by atoms with Crippen LogP contribution in [0, 0.1) is 0 Å². The third-order valence-electron chi connectivity index (χ3n) is 4.77. The summed E-state index contributed by atoms with van der Waals surface area (Å²) in [4.78, 5) is 30.5. The van der Waals surface area contributed by atoms with Gasteiger partial charge in [-0.25, -0.2) is 4.98 Å². The van der Waals surface area contributed by atoms with Crippen LogP contribution in [0.3, 0.4) is 0 Å². The predicted octanol–water partition coefficient (Wildman–Crippen LogP) is 3.07. The second-order valence-electron chi connectivity index (χ2n) is 6.80. The summed E-state index contributed by atoms with van der Waals surface area (Å²) >= 11 is 1.59. The smallest absolute Gasteiger partial charge is 0.251 e. The van der Waals surface area contributed by atoms with Gasteiger partial charge in [-0.2, -0.15) is 0 Å². The fourth-order valence-electron chi connectivity index (χ4n) is 3.26. The lowest BCUT2D eigenvalue weighted by Crippen LogP contribution is -2.27. The molecule has 8 heteroatoms. The Morgan fingerprint density at radius 1 is 1.28 bits per heavy atom. The van der Waals surface area contributed by atoms with Crippen LogP contribution in [0.2, 0.25) is 0 Å². The average Bonchev–Trinajstić information content (AvgIpc) is 3.50. The molecule has 2 amide bonds. The van der Waals surface area contributed by atoms with Gasteiger partial charge in [0.15, 0.2) is 0 Å². The maximum absolute atomic E-state index is 12.4. The molecule has 1 aliphatic heterocycles. The van der Waals surface area contributed by atoms with Crippen molar-refractivity contribution in [3.63, 3.8) is 0 Å². The molecular weight excluding hydrogens is 388 g/mol. The second-order valence-corrected chi connectivity index (χ2v) is 7.86. The van der Waals surface area contributed by atoms with Gasteiger partial charge in [-0.05, 0) is 36.2 Å². The molecule has 3 aromatic rings. The van der Waals surface area contributed by atoms with E-state index < -0.39 is 0 Å². The molecule has 1 N–H and O–H groups in total. The van der Waals surface area contributed by atoms with Crippen molar-refractivity contribution in [2.75, 3.05) is 12.3 Å². The minimum Gasteiger partial charge on any atom is -0.467 e. The molecular formula is C21H22N4O3S. The van der Waals surface area contributed by atoms with Gasteiger partial charge in [-0.1, -0.05) is 12.1 Å². The van der Waals surface area contributed by atoms with Gasteiger partial charge < -0.3 is 19.2 Å². The molecule has 0 aliphatic carbocycles. The zero-order valence-electron chi connectivity index (χ0n) is 15.9. The van der Waals surface area contributed by atoms with Crippen molar-refractivity contribution in [1.29, 1.82) is 0 Å². The fraction of sp³-hybridized carbons (Fsp3) is 0.286. The standard InChI is InChI=1S/C21H22N4O3S/c26-19-14-29-21(25(19)13-18-3-1-12-28-18)17-6-4-16(5-7-17)20(27)23-8-2-10-24-11-9-22-15-24/h1,3-7,9,11-12,15,21H,2,8,10,13-14H2,(H,23,27)/t21-/m1/s1. The van der Waals surface area contributed by atoms with Crippen LogP contribution in [0.15, 0.2) is 65.8 Å². The Balaban J connectivity index is 1.33. The maximum atomic E-state index is 12.4. The molecule has 1 saturated heterocycles. The summed E-state index contributed by atoms with van der Waals surface area (Å²) in [5.41, 5.74) is 1.62. The van der Waals surface area contributed by atoms with Gasteiger partial charge in [-0.15, -0.1) is 11.8 Å². The van der Waals surface area contributed by atoms with Crippen molar-refractivity contribution in [3.05, 3.63) is 78.3 Å². The number of amides is 2. The molecule has 0 saturated carbocycles. The average molecular weight is 410 g/mol. The van der Waals surface area contributed by atoms with E-state index in [0.717, 1.165) is 24.3 Å². The molecule has 2 aromatic heterocycles. The Morgan fingerprint density at radius 2 is 2.14 bits per heavy atom. The van der Waals surface area contributed by atoms with Gasteiger partial charge in [0, 0.05) is 31.0 Å². The highest BCUT2D eigenvalue weighted by molar-refractivity contribution is 8.00. The zero-order chi connectivity index (χ0) is 20.1. The lowest BCUT2D eigenvalue weighted by molar-refractivity contribution is -0.128. The van der Waals surface area contributed by atoms with E-state index in [-0.39, 0.29) is 17.2 Å². The van der Waals surface area contributed by atoms with E-state index in [2.05, 4.69) is 10.3 Å². The molecule has 4 rings (SSSR count). The zero-order valence-corrected chi connectivity index (χ0v) is 16.7. The first kappa shape index (κ1) is 19.3. The summed E-state index contributed by atoms with van der Waals surface area (Å²) in [6, 6.07) is 11.2. The highest BCUT2D eigenvalue weighted by Gasteiger charge is 2.33. The number of thioether (sulfide) groups is 1. The van der Waals surface area contributed by atoms with Crippen molar-refractivity contribution in [2.45, 2.75) is 24.9 Å². The third kappa shape index (κ3) is 4.71. The Morgan fingerprint density at radius 3 is 2.86 bits per heavy atom. The molecule has 1 aromatic carbocycles. The highest BCUT2D eigenvalue weighted by atomic mass is 32.2. The van der Waals surface area contributed by atoms with Crippen LogP contribution in [0.1, 0.15) is 33.5 Å². The van der Waals surface area contributed by atoms with Crippen molar-refractivity contribution in [2.24, 2.45) is 0 Å². The molecule has 0 radical (unpaired) electrons. The van der Waals surface area contributed by atoms with E-state index in [1.54, 1.807) is 30.5 Å².